The fourth-order valence-electron chi connectivity index (χ4n) is 1.75. The number of carbonyl (C=O) groups excluding carboxylic acids is 1. The van der Waals surface area contributed by atoms with Gasteiger partial charge in [-0.1, -0.05) is 13.3 Å². The van der Waals surface area contributed by atoms with Gasteiger partial charge in [0, 0.05) is 13.7 Å². The molecule has 0 bridgehead atoms. The Hall–Kier alpha value is -1.69. The lowest BCUT2D eigenvalue weighted by Crippen LogP contribution is -2.38. The van der Waals surface area contributed by atoms with Gasteiger partial charge in [0.2, 0.25) is 0 Å². The molecule has 0 spiro atoms. The zero-order valence-electron chi connectivity index (χ0n) is 11.8. The molecule has 1 aromatic heterocycles. The van der Waals surface area contributed by atoms with E-state index in [1.807, 2.05) is 6.92 Å². The number of hydrogen-bond donors (Lipinski definition) is 2. The zero-order valence-corrected chi connectivity index (χ0v) is 11.8. The number of amides is 1. The van der Waals surface area contributed by atoms with Gasteiger partial charge in [-0.3, -0.25) is 9.78 Å². The standard InChI is InChI=1S/C13H22N4O2/c1-4-6-10(9-19-3)16-13(18)11-7-14-8-12(17-11)15-5-2/h7-8,10H,4-6,9H2,1-3H3,(H,15,17)(H,16,18). The van der Waals surface area contributed by atoms with Crippen LogP contribution in [0.15, 0.2) is 12.4 Å². The molecule has 0 fully saturated rings. The highest BCUT2D eigenvalue weighted by molar-refractivity contribution is 5.92. The van der Waals surface area contributed by atoms with Crippen molar-refractivity contribution in [1.29, 1.82) is 0 Å². The molecule has 6 heteroatoms. The van der Waals surface area contributed by atoms with E-state index in [1.165, 1.54) is 6.20 Å². The van der Waals surface area contributed by atoms with Crippen molar-refractivity contribution >= 4 is 11.7 Å². The molecule has 1 amide bonds. The molecule has 19 heavy (non-hydrogen) atoms. The number of methoxy groups -OCH3 is 1. The lowest BCUT2D eigenvalue weighted by atomic mass is 10.2. The Kier molecular flexibility index (Phi) is 6.81. The largest absolute Gasteiger partial charge is 0.383 e. The van der Waals surface area contributed by atoms with Gasteiger partial charge >= 0.3 is 0 Å². The molecule has 0 saturated carbocycles. The second-order valence-corrected chi connectivity index (χ2v) is 4.23. The van der Waals surface area contributed by atoms with Gasteiger partial charge in [-0.25, -0.2) is 4.98 Å². The minimum absolute atomic E-state index is 0.00657. The highest BCUT2D eigenvalue weighted by atomic mass is 16.5. The number of aromatic nitrogens is 2. The van der Waals surface area contributed by atoms with Crippen LogP contribution in [-0.4, -0.2) is 42.2 Å². The molecule has 1 heterocycles. The van der Waals surface area contributed by atoms with E-state index >= 15 is 0 Å². The number of anilines is 1. The summed E-state index contributed by atoms with van der Waals surface area (Å²) >= 11 is 0. The first-order valence-corrected chi connectivity index (χ1v) is 6.56. The first kappa shape index (κ1) is 15.4. The summed E-state index contributed by atoms with van der Waals surface area (Å²) in [5.41, 5.74) is 0.315. The molecule has 0 aliphatic heterocycles. The van der Waals surface area contributed by atoms with Gasteiger partial charge in [-0.15, -0.1) is 0 Å². The third kappa shape index (κ3) is 5.21. The highest BCUT2D eigenvalue weighted by Crippen LogP contribution is 2.04. The molecule has 0 aliphatic rings. The summed E-state index contributed by atoms with van der Waals surface area (Å²) in [5.74, 6) is 0.386. The predicted molar refractivity (Wildman–Crippen MR) is 74.2 cm³/mol. The number of nitrogens with one attached hydrogen (secondary N) is 2. The lowest BCUT2D eigenvalue weighted by Gasteiger charge is -2.16. The minimum atomic E-state index is -0.220. The number of carbonyl (C=O) groups is 1. The van der Waals surface area contributed by atoms with Crippen molar-refractivity contribution in [2.45, 2.75) is 32.7 Å². The molecule has 6 nitrogen and oxygen atoms in total. The second kappa shape index (κ2) is 8.42. The Balaban J connectivity index is 2.67. The fourth-order valence-corrected chi connectivity index (χ4v) is 1.75. The third-order valence-corrected chi connectivity index (χ3v) is 2.57. The summed E-state index contributed by atoms with van der Waals surface area (Å²) < 4.78 is 5.09. The van der Waals surface area contributed by atoms with Crippen LogP contribution >= 0.6 is 0 Å². The van der Waals surface area contributed by atoms with Gasteiger partial charge in [0.15, 0.2) is 0 Å². The Morgan fingerprint density at radius 2 is 2.21 bits per heavy atom. The molecular weight excluding hydrogens is 244 g/mol. The lowest BCUT2D eigenvalue weighted by molar-refractivity contribution is 0.0886. The van der Waals surface area contributed by atoms with E-state index in [2.05, 4.69) is 27.5 Å². The van der Waals surface area contributed by atoms with Crippen molar-refractivity contribution in [1.82, 2.24) is 15.3 Å². The third-order valence-electron chi connectivity index (χ3n) is 2.57. The van der Waals surface area contributed by atoms with Crippen LogP contribution < -0.4 is 10.6 Å². The number of nitrogens with zero attached hydrogens (tertiary/aromatic N) is 2. The van der Waals surface area contributed by atoms with Crippen molar-refractivity contribution in [2.24, 2.45) is 0 Å². The van der Waals surface area contributed by atoms with Gasteiger partial charge < -0.3 is 15.4 Å². The molecule has 0 aliphatic carbocycles. The second-order valence-electron chi connectivity index (χ2n) is 4.23. The highest BCUT2D eigenvalue weighted by Gasteiger charge is 2.14. The summed E-state index contributed by atoms with van der Waals surface area (Å²) in [6.45, 7) is 5.27. The maximum atomic E-state index is 12.1. The molecule has 0 saturated heterocycles. The molecular formula is C13H22N4O2. The van der Waals surface area contributed by atoms with Crippen LogP contribution in [0.4, 0.5) is 5.82 Å². The first-order valence-electron chi connectivity index (χ1n) is 6.56. The molecule has 0 radical (unpaired) electrons. The molecule has 1 unspecified atom stereocenters. The van der Waals surface area contributed by atoms with Gasteiger partial charge in [0.25, 0.3) is 5.91 Å². The van der Waals surface area contributed by atoms with Gasteiger partial charge in [0.1, 0.15) is 11.5 Å². The van der Waals surface area contributed by atoms with Crippen molar-refractivity contribution < 1.29 is 9.53 Å². The Bertz CT molecular complexity index is 392. The Labute approximate surface area is 114 Å². The van der Waals surface area contributed by atoms with E-state index < -0.39 is 0 Å². The van der Waals surface area contributed by atoms with Gasteiger partial charge in [0.05, 0.1) is 25.0 Å². The van der Waals surface area contributed by atoms with Crippen LogP contribution in [0.2, 0.25) is 0 Å². The van der Waals surface area contributed by atoms with Crippen LogP contribution in [0.25, 0.3) is 0 Å². The van der Waals surface area contributed by atoms with Crippen LogP contribution in [0, 0.1) is 0 Å². The predicted octanol–water partition coefficient (Wildman–Crippen LogP) is 1.45. The van der Waals surface area contributed by atoms with Gasteiger partial charge in [-0.05, 0) is 13.3 Å². The first-order chi connectivity index (χ1) is 9.21. The normalized spacial score (nSPS) is 11.9. The van der Waals surface area contributed by atoms with Crippen molar-refractivity contribution in [2.75, 3.05) is 25.6 Å². The monoisotopic (exact) mass is 266 g/mol. The summed E-state index contributed by atoms with van der Waals surface area (Å²) in [5, 5.41) is 5.94. The Morgan fingerprint density at radius 3 is 2.84 bits per heavy atom. The molecule has 1 aromatic rings. The van der Waals surface area contributed by atoms with Crippen LogP contribution in [0.5, 0.6) is 0 Å². The maximum Gasteiger partial charge on any atom is 0.271 e. The molecule has 0 aromatic carbocycles. The van der Waals surface area contributed by atoms with Crippen molar-refractivity contribution in [3.05, 3.63) is 18.1 Å². The summed E-state index contributed by atoms with van der Waals surface area (Å²) in [4.78, 5) is 20.3. The van der Waals surface area contributed by atoms with E-state index in [0.29, 0.717) is 18.1 Å². The Morgan fingerprint density at radius 1 is 1.42 bits per heavy atom. The van der Waals surface area contributed by atoms with Gasteiger partial charge in [-0.2, -0.15) is 0 Å². The number of ether oxygens (including phenoxy) is 1. The van der Waals surface area contributed by atoms with E-state index in [1.54, 1.807) is 13.3 Å². The maximum absolute atomic E-state index is 12.1. The average molecular weight is 266 g/mol. The average Bonchev–Trinajstić information content (AvgIpc) is 2.40. The fraction of sp³-hybridized carbons (Fsp3) is 0.615. The molecule has 1 rings (SSSR count). The van der Waals surface area contributed by atoms with Crippen molar-refractivity contribution in [3.63, 3.8) is 0 Å². The number of hydrogen-bond acceptors (Lipinski definition) is 5. The molecule has 1 atom stereocenters. The van der Waals surface area contributed by atoms with E-state index in [0.717, 1.165) is 19.4 Å². The molecule has 106 valence electrons. The summed E-state index contributed by atoms with van der Waals surface area (Å²) in [6.07, 6.45) is 4.92. The van der Waals surface area contributed by atoms with Crippen LogP contribution in [-0.2, 0) is 4.74 Å². The number of rotatable bonds is 8. The smallest absolute Gasteiger partial charge is 0.271 e. The quantitative estimate of drug-likeness (QED) is 0.745. The van der Waals surface area contributed by atoms with Crippen molar-refractivity contribution in [3.8, 4) is 0 Å². The van der Waals surface area contributed by atoms with E-state index in [9.17, 15) is 4.79 Å². The SMILES string of the molecule is CCCC(COC)NC(=O)c1cncc(NCC)n1. The van der Waals surface area contributed by atoms with E-state index in [4.69, 9.17) is 4.74 Å². The van der Waals surface area contributed by atoms with E-state index in [-0.39, 0.29) is 11.9 Å². The topological polar surface area (TPSA) is 76.1 Å². The van der Waals surface area contributed by atoms with Crippen LogP contribution in [0.3, 0.4) is 0 Å². The zero-order chi connectivity index (χ0) is 14.1. The van der Waals surface area contributed by atoms with Crippen LogP contribution in [0.1, 0.15) is 37.2 Å². The summed E-state index contributed by atoms with van der Waals surface area (Å²) in [6, 6.07) is 0.00657. The minimum Gasteiger partial charge on any atom is -0.383 e. The molecule has 2 N–H and O–H groups in total. The summed E-state index contributed by atoms with van der Waals surface area (Å²) in [7, 11) is 1.63.